The van der Waals surface area contributed by atoms with Crippen LogP contribution in [0.5, 0.6) is 0 Å². The summed E-state index contributed by atoms with van der Waals surface area (Å²) in [5.41, 5.74) is 3.79. The Labute approximate surface area is 152 Å². The molecule has 0 spiro atoms. The molecule has 7 nitrogen and oxygen atoms in total. The fraction of sp³-hybridized carbons (Fsp3) is 0.333. The van der Waals surface area contributed by atoms with E-state index in [1.54, 1.807) is 0 Å². The van der Waals surface area contributed by atoms with Crippen molar-refractivity contribution < 1.29 is 13.6 Å². The Morgan fingerprint density at radius 3 is 2.44 bits per heavy atom. The molecule has 27 heavy (non-hydrogen) atoms. The summed E-state index contributed by atoms with van der Waals surface area (Å²) in [4.78, 5) is 35.4. The van der Waals surface area contributed by atoms with Crippen molar-refractivity contribution in [2.75, 3.05) is 0 Å². The van der Waals surface area contributed by atoms with Gasteiger partial charge in [-0.05, 0) is 25.0 Å². The third kappa shape index (κ3) is 2.88. The highest BCUT2D eigenvalue weighted by Crippen LogP contribution is 2.32. The van der Waals surface area contributed by atoms with Crippen LogP contribution in [0.25, 0.3) is 16.9 Å². The highest BCUT2D eigenvalue weighted by molar-refractivity contribution is 6.01. The monoisotopic (exact) mass is 373 g/mol. The zero-order chi connectivity index (χ0) is 19.1. The molecule has 1 aromatic carbocycles. The smallest absolute Gasteiger partial charge is 0.332 e. The van der Waals surface area contributed by atoms with Crippen LogP contribution in [-0.4, -0.2) is 25.4 Å². The molecule has 0 atom stereocenters. The standard InChI is InChI=1S/C18H17F2N5O2/c19-10-7-4-8-11(20)14(10)25-17-13(23-18(25)27)12(15(21)26)22-16(24-17)9-5-2-1-3-6-9/h4,7-9H,1-3,5-6H2,(H2,21,26)(H,23,27). The lowest BCUT2D eigenvalue weighted by Crippen LogP contribution is -2.19. The molecule has 0 unspecified atom stereocenters. The summed E-state index contributed by atoms with van der Waals surface area (Å²) in [6.07, 6.45) is 4.79. The van der Waals surface area contributed by atoms with Gasteiger partial charge in [0, 0.05) is 5.92 Å². The fourth-order valence-corrected chi connectivity index (χ4v) is 3.63. The molecule has 1 aliphatic carbocycles. The first kappa shape index (κ1) is 17.3. The maximum Gasteiger partial charge on any atom is 0.332 e. The second kappa shape index (κ2) is 6.57. The van der Waals surface area contributed by atoms with E-state index in [0.717, 1.165) is 48.8 Å². The number of primary amides is 1. The van der Waals surface area contributed by atoms with Crippen molar-refractivity contribution in [2.45, 2.75) is 38.0 Å². The van der Waals surface area contributed by atoms with E-state index in [4.69, 9.17) is 5.73 Å². The second-order valence-electron chi connectivity index (χ2n) is 6.66. The van der Waals surface area contributed by atoms with E-state index in [2.05, 4.69) is 15.0 Å². The first-order chi connectivity index (χ1) is 13.0. The number of halogens is 2. The number of hydrogen-bond donors (Lipinski definition) is 2. The zero-order valence-electron chi connectivity index (χ0n) is 14.3. The van der Waals surface area contributed by atoms with Gasteiger partial charge in [-0.2, -0.15) is 0 Å². The van der Waals surface area contributed by atoms with Gasteiger partial charge in [0.05, 0.1) is 0 Å². The summed E-state index contributed by atoms with van der Waals surface area (Å²) in [5, 5.41) is 0. The van der Waals surface area contributed by atoms with Gasteiger partial charge in [0.15, 0.2) is 11.3 Å². The Balaban J connectivity index is 2.03. The highest BCUT2D eigenvalue weighted by Gasteiger charge is 2.26. The minimum Gasteiger partial charge on any atom is -0.364 e. The minimum absolute atomic E-state index is 0.00479. The van der Waals surface area contributed by atoms with Crippen molar-refractivity contribution in [1.29, 1.82) is 0 Å². The number of nitrogens with two attached hydrogens (primary N) is 1. The summed E-state index contributed by atoms with van der Waals surface area (Å²) < 4.78 is 29.4. The fourth-order valence-electron chi connectivity index (χ4n) is 3.63. The third-order valence-electron chi connectivity index (χ3n) is 4.92. The van der Waals surface area contributed by atoms with Crippen LogP contribution in [0.1, 0.15) is 54.3 Å². The average Bonchev–Trinajstić information content (AvgIpc) is 2.97. The Kier molecular flexibility index (Phi) is 4.21. The lowest BCUT2D eigenvalue weighted by molar-refractivity contribution is 0.0996. The van der Waals surface area contributed by atoms with E-state index < -0.39 is 28.9 Å². The van der Waals surface area contributed by atoms with Crippen LogP contribution < -0.4 is 11.4 Å². The van der Waals surface area contributed by atoms with Crippen LogP contribution in [0.3, 0.4) is 0 Å². The van der Waals surface area contributed by atoms with Crippen molar-refractivity contribution in [3.05, 3.63) is 51.8 Å². The van der Waals surface area contributed by atoms with E-state index in [9.17, 15) is 18.4 Å². The third-order valence-corrected chi connectivity index (χ3v) is 4.92. The molecular weight excluding hydrogens is 356 g/mol. The van der Waals surface area contributed by atoms with E-state index in [0.29, 0.717) is 5.82 Å². The van der Waals surface area contributed by atoms with Gasteiger partial charge in [0.25, 0.3) is 5.91 Å². The van der Waals surface area contributed by atoms with Crippen molar-refractivity contribution in [1.82, 2.24) is 19.5 Å². The molecule has 1 amide bonds. The number of rotatable bonds is 3. The van der Waals surface area contributed by atoms with E-state index >= 15 is 0 Å². The number of aromatic nitrogens is 4. The first-order valence-corrected chi connectivity index (χ1v) is 8.74. The number of benzene rings is 1. The van der Waals surface area contributed by atoms with Gasteiger partial charge in [-0.1, -0.05) is 25.3 Å². The van der Waals surface area contributed by atoms with Crippen LogP contribution in [-0.2, 0) is 0 Å². The topological polar surface area (TPSA) is 107 Å². The van der Waals surface area contributed by atoms with Gasteiger partial charge < -0.3 is 10.7 Å². The van der Waals surface area contributed by atoms with E-state index in [1.165, 1.54) is 6.07 Å². The number of carbonyl (C=O) groups is 1. The lowest BCUT2D eigenvalue weighted by atomic mass is 9.88. The zero-order valence-corrected chi connectivity index (χ0v) is 14.3. The number of hydrogen-bond acceptors (Lipinski definition) is 4. The van der Waals surface area contributed by atoms with Crippen molar-refractivity contribution >= 4 is 17.1 Å². The molecule has 2 aromatic heterocycles. The molecule has 2 heterocycles. The Hall–Kier alpha value is -3.10. The molecule has 0 bridgehead atoms. The van der Waals surface area contributed by atoms with E-state index in [-0.39, 0.29) is 22.8 Å². The molecule has 0 radical (unpaired) electrons. The van der Waals surface area contributed by atoms with Crippen molar-refractivity contribution in [2.24, 2.45) is 5.73 Å². The van der Waals surface area contributed by atoms with Crippen molar-refractivity contribution in [3.63, 3.8) is 0 Å². The van der Waals surface area contributed by atoms with Crippen LogP contribution in [0.15, 0.2) is 23.0 Å². The van der Waals surface area contributed by atoms with Crippen LogP contribution in [0.4, 0.5) is 8.78 Å². The Morgan fingerprint density at radius 1 is 1.15 bits per heavy atom. The van der Waals surface area contributed by atoms with Gasteiger partial charge in [0.1, 0.15) is 28.7 Å². The molecule has 3 N–H and O–H groups in total. The number of nitrogens with one attached hydrogen (secondary N) is 1. The summed E-state index contributed by atoms with van der Waals surface area (Å²) >= 11 is 0. The molecule has 140 valence electrons. The average molecular weight is 373 g/mol. The number of fused-ring (bicyclic) bond motifs is 1. The number of aromatic amines is 1. The predicted octanol–water partition coefficient (Wildman–Crippen LogP) is 2.53. The number of amides is 1. The largest absolute Gasteiger partial charge is 0.364 e. The molecule has 9 heteroatoms. The van der Waals surface area contributed by atoms with Gasteiger partial charge in [-0.25, -0.2) is 28.1 Å². The van der Waals surface area contributed by atoms with Gasteiger partial charge in [0.2, 0.25) is 0 Å². The predicted molar refractivity (Wildman–Crippen MR) is 93.7 cm³/mol. The van der Waals surface area contributed by atoms with Crippen LogP contribution in [0.2, 0.25) is 0 Å². The molecule has 0 saturated heterocycles. The van der Waals surface area contributed by atoms with Gasteiger partial charge in [-0.15, -0.1) is 0 Å². The minimum atomic E-state index is -0.920. The molecule has 1 saturated carbocycles. The first-order valence-electron chi connectivity index (χ1n) is 8.74. The number of carbonyl (C=O) groups excluding carboxylic acids is 1. The Bertz CT molecular complexity index is 1080. The molecule has 0 aliphatic heterocycles. The SMILES string of the molecule is NC(=O)c1nc(C2CCCCC2)nc2c1[nH]c(=O)n2-c1c(F)cccc1F. The van der Waals surface area contributed by atoms with Gasteiger partial charge in [-0.3, -0.25) is 4.79 Å². The summed E-state index contributed by atoms with van der Waals surface area (Å²) in [7, 11) is 0. The molecule has 3 aromatic rings. The quantitative estimate of drug-likeness (QED) is 0.736. The van der Waals surface area contributed by atoms with Crippen LogP contribution >= 0.6 is 0 Å². The number of para-hydroxylation sites is 1. The summed E-state index contributed by atoms with van der Waals surface area (Å²) in [6.45, 7) is 0. The molecular formula is C18H17F2N5O2. The molecule has 4 rings (SSSR count). The van der Waals surface area contributed by atoms with Gasteiger partial charge >= 0.3 is 5.69 Å². The summed E-state index contributed by atoms with van der Waals surface area (Å²) in [5.74, 6) is -2.32. The highest BCUT2D eigenvalue weighted by atomic mass is 19.1. The number of imidazole rings is 1. The summed E-state index contributed by atoms with van der Waals surface area (Å²) in [6, 6.07) is 3.29. The van der Waals surface area contributed by atoms with Crippen LogP contribution in [0, 0.1) is 11.6 Å². The van der Waals surface area contributed by atoms with Crippen molar-refractivity contribution in [3.8, 4) is 5.69 Å². The van der Waals surface area contributed by atoms with E-state index in [1.807, 2.05) is 0 Å². The number of H-pyrrole nitrogens is 1. The second-order valence-corrected chi connectivity index (χ2v) is 6.66. The maximum absolute atomic E-state index is 14.3. The lowest BCUT2D eigenvalue weighted by Gasteiger charge is -2.20. The number of nitrogens with zero attached hydrogens (tertiary/aromatic N) is 3. The molecule has 1 fully saturated rings. The Morgan fingerprint density at radius 2 is 1.81 bits per heavy atom. The molecule has 1 aliphatic rings. The maximum atomic E-state index is 14.3. The normalized spacial score (nSPS) is 15.3.